The quantitative estimate of drug-likeness (QED) is 0.244. The molecule has 0 amide bonds. The number of hydrogen-bond acceptors (Lipinski definition) is 1. The van der Waals surface area contributed by atoms with Crippen LogP contribution in [0, 0.1) is 63.1 Å². The lowest BCUT2D eigenvalue weighted by Gasteiger charge is -2.40. The Morgan fingerprint density at radius 3 is 1.33 bits per heavy atom. The van der Waals surface area contributed by atoms with Gasteiger partial charge in [-0.05, 0) is 140 Å². The number of allylic oxidation sites excluding steroid dienone is 2. The predicted octanol–water partition coefficient (Wildman–Crippen LogP) is 13.9. The summed E-state index contributed by atoms with van der Waals surface area (Å²) >= 11 is 0. The summed E-state index contributed by atoms with van der Waals surface area (Å²) in [5.74, 6) is 7.08. The standard InChI is InChI=1S/C13H22.C12H22.C11H20.C8H16O/c1-9-7-10-5-6-11(8-9)12(10)13(2,3)4;1-12(2,3)11-7-9-5-4-6-10(9)8-11;1-9-5-7-10(8-6-9)11(2,3)4;1-8(2,3)7-5-4-6-9-7/h10-12H,1,5-8H2,2-4H3;9-11H,4-8H2,1-3H3;10H,1,5-8H2,2-4H3;7H,4-6H2,1-3H3. The normalized spacial score (nSPS) is 33.8. The smallest absolute Gasteiger partial charge is 0.0624 e. The molecule has 2 bridgehead atoms. The minimum absolute atomic E-state index is 0.358. The molecular weight excluding hydrogens is 544 g/mol. The van der Waals surface area contributed by atoms with Crippen molar-refractivity contribution in [3.8, 4) is 0 Å². The van der Waals surface area contributed by atoms with Crippen LogP contribution in [0.15, 0.2) is 24.3 Å². The molecule has 6 rings (SSSR count). The summed E-state index contributed by atoms with van der Waals surface area (Å²) in [6, 6.07) is 0. The van der Waals surface area contributed by atoms with Crippen LogP contribution in [-0.4, -0.2) is 12.7 Å². The minimum Gasteiger partial charge on any atom is -0.378 e. The van der Waals surface area contributed by atoms with Crippen molar-refractivity contribution in [2.45, 2.75) is 186 Å². The van der Waals surface area contributed by atoms with E-state index < -0.39 is 0 Å². The fourth-order valence-corrected chi connectivity index (χ4v) is 10.3. The first-order valence-corrected chi connectivity index (χ1v) is 19.6. The Labute approximate surface area is 283 Å². The molecule has 0 N–H and O–H groups in total. The number of ether oxygens (including phenoxy) is 1. The van der Waals surface area contributed by atoms with Gasteiger partial charge < -0.3 is 4.74 Å². The van der Waals surface area contributed by atoms with Gasteiger partial charge in [0.2, 0.25) is 0 Å². The van der Waals surface area contributed by atoms with Crippen molar-refractivity contribution < 1.29 is 4.74 Å². The molecule has 45 heavy (non-hydrogen) atoms. The minimum atomic E-state index is 0.358. The molecule has 6 fully saturated rings. The lowest BCUT2D eigenvalue weighted by Crippen LogP contribution is -2.32. The molecule has 5 aliphatic carbocycles. The molecule has 0 aromatic heterocycles. The Kier molecular flexibility index (Phi) is 13.6. The maximum absolute atomic E-state index is 5.52. The summed E-state index contributed by atoms with van der Waals surface area (Å²) in [4.78, 5) is 0. The van der Waals surface area contributed by atoms with Gasteiger partial charge in [-0.2, -0.15) is 0 Å². The van der Waals surface area contributed by atoms with Gasteiger partial charge in [0.05, 0.1) is 6.10 Å². The van der Waals surface area contributed by atoms with E-state index in [1.165, 1.54) is 107 Å². The van der Waals surface area contributed by atoms with Crippen molar-refractivity contribution in [2.24, 2.45) is 63.1 Å². The highest BCUT2D eigenvalue weighted by molar-refractivity contribution is 5.09. The first kappa shape index (κ1) is 38.9. The van der Waals surface area contributed by atoms with Crippen LogP contribution in [0.25, 0.3) is 0 Å². The first-order valence-electron chi connectivity index (χ1n) is 19.6. The Hall–Kier alpha value is -0.560. The van der Waals surface area contributed by atoms with E-state index in [0.29, 0.717) is 27.8 Å². The fraction of sp³-hybridized carbons (Fsp3) is 0.909. The lowest BCUT2D eigenvalue weighted by atomic mass is 9.65. The van der Waals surface area contributed by atoms with E-state index in [2.05, 4.69) is 96.2 Å². The zero-order valence-corrected chi connectivity index (χ0v) is 32.8. The van der Waals surface area contributed by atoms with Crippen LogP contribution in [0.3, 0.4) is 0 Å². The predicted molar refractivity (Wildman–Crippen MR) is 200 cm³/mol. The molecule has 1 nitrogen and oxygen atoms in total. The van der Waals surface area contributed by atoms with Gasteiger partial charge in [0, 0.05) is 6.61 Å². The molecule has 5 saturated carbocycles. The molecule has 0 radical (unpaired) electrons. The fourth-order valence-electron chi connectivity index (χ4n) is 10.3. The van der Waals surface area contributed by atoms with E-state index in [4.69, 9.17) is 4.74 Å². The number of fused-ring (bicyclic) bond motifs is 3. The average Bonchev–Trinajstić information content (AvgIpc) is 3.68. The van der Waals surface area contributed by atoms with Crippen molar-refractivity contribution in [3.63, 3.8) is 0 Å². The molecule has 262 valence electrons. The highest BCUT2D eigenvalue weighted by Crippen LogP contribution is 2.55. The second kappa shape index (κ2) is 15.8. The third kappa shape index (κ3) is 11.8. The van der Waals surface area contributed by atoms with Gasteiger partial charge in [-0.25, -0.2) is 0 Å². The molecule has 6 aliphatic rings. The summed E-state index contributed by atoms with van der Waals surface area (Å²) in [5, 5.41) is 0. The molecule has 0 aromatic carbocycles. The van der Waals surface area contributed by atoms with Crippen LogP contribution in [0.5, 0.6) is 0 Å². The Morgan fingerprint density at radius 1 is 0.489 bits per heavy atom. The van der Waals surface area contributed by atoms with Crippen molar-refractivity contribution in [2.75, 3.05) is 6.61 Å². The van der Waals surface area contributed by atoms with Gasteiger partial charge in [0.1, 0.15) is 0 Å². The third-order valence-electron chi connectivity index (χ3n) is 13.1. The topological polar surface area (TPSA) is 9.23 Å². The highest BCUT2D eigenvalue weighted by atomic mass is 16.5. The lowest BCUT2D eigenvalue weighted by molar-refractivity contribution is 0.0290. The summed E-state index contributed by atoms with van der Waals surface area (Å²) in [6.07, 6.45) is 21.5. The van der Waals surface area contributed by atoms with Gasteiger partial charge in [0.15, 0.2) is 0 Å². The highest BCUT2D eigenvalue weighted by Gasteiger charge is 2.45. The second-order valence-electron chi connectivity index (χ2n) is 20.9. The molecule has 1 heterocycles. The summed E-state index contributed by atoms with van der Waals surface area (Å²) in [5.41, 5.74) is 4.95. The number of rotatable bonds is 0. The summed E-state index contributed by atoms with van der Waals surface area (Å²) in [6.45, 7) is 37.4. The first-order chi connectivity index (χ1) is 20.7. The van der Waals surface area contributed by atoms with Crippen molar-refractivity contribution >= 4 is 0 Å². The SMILES string of the molecule is C=C1CC2CCC(C1)C2C(C)(C)C.C=C1CCC(C(C)(C)C)CC1.CC(C)(C)C1CC2CCCC2C1.CC(C)(C)C1CCCO1. The maximum atomic E-state index is 5.52. The van der Waals surface area contributed by atoms with Crippen LogP contribution in [0.1, 0.15) is 179 Å². The Bertz CT molecular complexity index is 882. The van der Waals surface area contributed by atoms with Crippen molar-refractivity contribution in [1.29, 1.82) is 0 Å². The van der Waals surface area contributed by atoms with E-state index in [0.717, 1.165) is 48.0 Å². The van der Waals surface area contributed by atoms with E-state index in [1.807, 2.05) is 0 Å². The molecule has 1 aliphatic heterocycles. The summed E-state index contributed by atoms with van der Waals surface area (Å²) in [7, 11) is 0. The van der Waals surface area contributed by atoms with Gasteiger partial charge >= 0.3 is 0 Å². The van der Waals surface area contributed by atoms with Crippen LogP contribution in [0.2, 0.25) is 0 Å². The van der Waals surface area contributed by atoms with Crippen LogP contribution in [0.4, 0.5) is 0 Å². The van der Waals surface area contributed by atoms with Crippen molar-refractivity contribution in [3.05, 3.63) is 24.3 Å². The van der Waals surface area contributed by atoms with Gasteiger partial charge in [-0.1, -0.05) is 127 Å². The van der Waals surface area contributed by atoms with Gasteiger partial charge in [-0.3, -0.25) is 0 Å². The zero-order valence-electron chi connectivity index (χ0n) is 32.8. The molecule has 5 atom stereocenters. The average molecular weight is 625 g/mol. The van der Waals surface area contributed by atoms with E-state index >= 15 is 0 Å². The maximum Gasteiger partial charge on any atom is 0.0624 e. The van der Waals surface area contributed by atoms with E-state index in [9.17, 15) is 0 Å². The second-order valence-corrected chi connectivity index (χ2v) is 20.9. The van der Waals surface area contributed by atoms with Gasteiger partial charge in [0.25, 0.3) is 0 Å². The van der Waals surface area contributed by atoms with Crippen LogP contribution >= 0.6 is 0 Å². The van der Waals surface area contributed by atoms with E-state index in [1.54, 1.807) is 0 Å². The zero-order chi connectivity index (χ0) is 33.8. The molecule has 5 unspecified atom stereocenters. The Morgan fingerprint density at radius 2 is 0.978 bits per heavy atom. The molecule has 0 spiro atoms. The van der Waals surface area contributed by atoms with Gasteiger partial charge in [-0.15, -0.1) is 0 Å². The molecular formula is C44H80O. The molecule has 1 saturated heterocycles. The van der Waals surface area contributed by atoms with E-state index in [-0.39, 0.29) is 0 Å². The molecule has 0 aromatic rings. The van der Waals surface area contributed by atoms with Crippen LogP contribution < -0.4 is 0 Å². The van der Waals surface area contributed by atoms with Crippen molar-refractivity contribution in [1.82, 2.24) is 0 Å². The van der Waals surface area contributed by atoms with Crippen LogP contribution in [-0.2, 0) is 4.74 Å². The number of hydrogen-bond donors (Lipinski definition) is 0. The Balaban J connectivity index is 0.000000165. The third-order valence-corrected chi connectivity index (χ3v) is 13.1. The monoisotopic (exact) mass is 625 g/mol. The largest absolute Gasteiger partial charge is 0.378 e. The summed E-state index contributed by atoms with van der Waals surface area (Å²) < 4.78 is 5.52. The molecule has 1 heteroatoms.